The molecule has 0 fully saturated rings. The first-order chi connectivity index (χ1) is 12.5. The van der Waals surface area contributed by atoms with Gasteiger partial charge in [0.2, 0.25) is 0 Å². The van der Waals surface area contributed by atoms with Crippen molar-refractivity contribution in [2.24, 2.45) is 5.92 Å². The van der Waals surface area contributed by atoms with E-state index < -0.39 is 0 Å². The lowest BCUT2D eigenvalue weighted by molar-refractivity contribution is 0.414. The summed E-state index contributed by atoms with van der Waals surface area (Å²) in [7, 11) is 1.72. The van der Waals surface area contributed by atoms with Gasteiger partial charge in [0.05, 0.1) is 7.11 Å². The van der Waals surface area contributed by atoms with Crippen molar-refractivity contribution in [3.05, 3.63) is 64.7 Å². The van der Waals surface area contributed by atoms with E-state index in [0.29, 0.717) is 12.0 Å². The molecule has 0 unspecified atom stereocenters. The van der Waals surface area contributed by atoms with Gasteiger partial charge in [-0.25, -0.2) is 0 Å². The number of rotatable bonds is 10. The highest BCUT2D eigenvalue weighted by atomic mass is 35.5. The molecule has 142 valence electrons. The van der Waals surface area contributed by atoms with E-state index in [1.54, 1.807) is 7.11 Å². The van der Waals surface area contributed by atoms with Gasteiger partial charge in [0.1, 0.15) is 5.75 Å². The average Bonchev–Trinajstić information content (AvgIpc) is 2.65. The minimum atomic E-state index is 0.328. The smallest absolute Gasteiger partial charge is 0.118 e. The number of halogens is 1. The molecular weight excluding hydrogens is 342 g/mol. The summed E-state index contributed by atoms with van der Waals surface area (Å²) in [6.07, 6.45) is 3.61. The molecule has 2 nitrogen and oxygen atoms in total. The first kappa shape index (κ1) is 20.8. The summed E-state index contributed by atoms with van der Waals surface area (Å²) in [6.45, 7) is 7.80. The molecule has 0 aliphatic rings. The lowest BCUT2D eigenvalue weighted by Gasteiger charge is -2.21. The molecule has 0 aliphatic heterocycles. The second-order valence-corrected chi connectivity index (χ2v) is 7.89. The van der Waals surface area contributed by atoms with E-state index in [-0.39, 0.29) is 0 Å². The predicted octanol–water partition coefficient (Wildman–Crippen LogP) is 6.61. The fourth-order valence-corrected chi connectivity index (χ4v) is 3.36. The van der Waals surface area contributed by atoms with E-state index in [0.717, 1.165) is 29.7 Å². The van der Waals surface area contributed by atoms with Crippen molar-refractivity contribution in [3.8, 4) is 5.75 Å². The van der Waals surface area contributed by atoms with Crippen LogP contribution in [-0.2, 0) is 0 Å². The van der Waals surface area contributed by atoms with Gasteiger partial charge in [-0.2, -0.15) is 0 Å². The Morgan fingerprint density at radius 1 is 0.846 bits per heavy atom. The number of ether oxygens (including phenoxy) is 1. The maximum absolute atomic E-state index is 5.98. The summed E-state index contributed by atoms with van der Waals surface area (Å²) in [4.78, 5) is 0. The Balaban J connectivity index is 1.93. The quantitative estimate of drug-likeness (QED) is 0.506. The molecule has 2 atom stereocenters. The maximum atomic E-state index is 5.98. The van der Waals surface area contributed by atoms with Crippen LogP contribution in [0, 0.1) is 5.92 Å². The normalized spacial score (nSPS) is 13.6. The topological polar surface area (TPSA) is 21.3 Å². The molecule has 2 rings (SSSR count). The molecule has 2 aromatic rings. The highest BCUT2D eigenvalue weighted by molar-refractivity contribution is 6.30. The van der Waals surface area contributed by atoms with Crippen LogP contribution in [-0.4, -0.2) is 13.7 Å². The van der Waals surface area contributed by atoms with Gasteiger partial charge in [0.15, 0.2) is 0 Å². The SMILES string of the molecule is COc1ccc([C@@H](CCN[C@@H](C)c2ccc(Cl)cc2)CCC(C)C)cc1. The van der Waals surface area contributed by atoms with Gasteiger partial charge >= 0.3 is 0 Å². The Labute approximate surface area is 163 Å². The Kier molecular flexibility index (Phi) is 8.47. The fourth-order valence-electron chi connectivity index (χ4n) is 3.23. The van der Waals surface area contributed by atoms with Crippen molar-refractivity contribution in [3.63, 3.8) is 0 Å². The van der Waals surface area contributed by atoms with Crippen LogP contribution in [0.3, 0.4) is 0 Å². The van der Waals surface area contributed by atoms with Crippen molar-refractivity contribution in [1.29, 1.82) is 0 Å². The third-order valence-corrected chi connectivity index (χ3v) is 5.24. The Bertz CT molecular complexity index is 636. The van der Waals surface area contributed by atoms with Gasteiger partial charge in [-0.15, -0.1) is 0 Å². The zero-order valence-corrected chi connectivity index (χ0v) is 17.2. The Morgan fingerprint density at radius 3 is 2.04 bits per heavy atom. The molecule has 0 heterocycles. The second kappa shape index (κ2) is 10.6. The van der Waals surface area contributed by atoms with E-state index in [4.69, 9.17) is 16.3 Å². The molecule has 0 bridgehead atoms. The van der Waals surface area contributed by atoms with E-state index in [2.05, 4.69) is 62.5 Å². The van der Waals surface area contributed by atoms with E-state index in [1.807, 2.05) is 12.1 Å². The number of hydrogen-bond acceptors (Lipinski definition) is 2. The van der Waals surface area contributed by atoms with Gasteiger partial charge in [-0.1, -0.05) is 56.1 Å². The number of hydrogen-bond donors (Lipinski definition) is 1. The molecule has 0 amide bonds. The lowest BCUT2D eigenvalue weighted by atomic mass is 9.88. The zero-order chi connectivity index (χ0) is 18.9. The van der Waals surface area contributed by atoms with Gasteiger partial charge in [-0.05, 0) is 73.5 Å². The lowest BCUT2D eigenvalue weighted by Crippen LogP contribution is -2.21. The highest BCUT2D eigenvalue weighted by Gasteiger charge is 2.13. The van der Waals surface area contributed by atoms with Crippen molar-refractivity contribution >= 4 is 11.6 Å². The second-order valence-electron chi connectivity index (χ2n) is 7.46. The first-order valence-corrected chi connectivity index (χ1v) is 10.00. The number of methoxy groups -OCH3 is 1. The van der Waals surface area contributed by atoms with E-state index in [9.17, 15) is 0 Å². The Hall–Kier alpha value is -1.51. The standard InChI is InChI=1S/C23H32ClNO/c1-17(2)5-6-21(20-9-13-23(26-4)14-10-20)15-16-25-18(3)19-7-11-22(24)12-8-19/h7-14,17-18,21,25H,5-6,15-16H2,1-4H3/t18-,21+/m0/s1. The Morgan fingerprint density at radius 2 is 1.46 bits per heavy atom. The number of nitrogens with one attached hydrogen (secondary N) is 1. The molecule has 0 saturated heterocycles. The number of benzene rings is 2. The van der Waals surface area contributed by atoms with Gasteiger partial charge in [0.25, 0.3) is 0 Å². The molecule has 0 aliphatic carbocycles. The summed E-state index contributed by atoms with van der Waals surface area (Å²) < 4.78 is 5.30. The van der Waals surface area contributed by atoms with Crippen LogP contribution < -0.4 is 10.1 Å². The minimum absolute atomic E-state index is 0.328. The molecular formula is C23H32ClNO. The first-order valence-electron chi connectivity index (χ1n) is 9.62. The summed E-state index contributed by atoms with van der Waals surface area (Å²) >= 11 is 5.98. The monoisotopic (exact) mass is 373 g/mol. The molecule has 26 heavy (non-hydrogen) atoms. The third-order valence-electron chi connectivity index (χ3n) is 4.99. The van der Waals surface area contributed by atoms with Gasteiger partial charge in [0, 0.05) is 11.1 Å². The van der Waals surface area contributed by atoms with Crippen LogP contribution in [0.1, 0.15) is 63.1 Å². The van der Waals surface area contributed by atoms with Crippen LogP contribution in [0.25, 0.3) is 0 Å². The minimum Gasteiger partial charge on any atom is -0.497 e. The average molecular weight is 374 g/mol. The van der Waals surface area contributed by atoms with Crippen molar-refractivity contribution < 1.29 is 4.74 Å². The molecule has 3 heteroatoms. The van der Waals surface area contributed by atoms with Crippen LogP contribution in [0.15, 0.2) is 48.5 Å². The largest absolute Gasteiger partial charge is 0.497 e. The van der Waals surface area contributed by atoms with Crippen LogP contribution >= 0.6 is 11.6 Å². The van der Waals surface area contributed by atoms with Crippen LogP contribution in [0.5, 0.6) is 5.75 Å². The van der Waals surface area contributed by atoms with E-state index >= 15 is 0 Å². The van der Waals surface area contributed by atoms with E-state index in [1.165, 1.54) is 24.0 Å². The molecule has 0 radical (unpaired) electrons. The summed E-state index contributed by atoms with van der Waals surface area (Å²) in [5, 5.41) is 4.45. The molecule has 2 aromatic carbocycles. The van der Waals surface area contributed by atoms with Crippen LogP contribution in [0.4, 0.5) is 0 Å². The van der Waals surface area contributed by atoms with Crippen molar-refractivity contribution in [2.45, 2.75) is 52.0 Å². The molecule has 0 spiro atoms. The predicted molar refractivity (Wildman–Crippen MR) is 112 cm³/mol. The van der Waals surface area contributed by atoms with Crippen LogP contribution in [0.2, 0.25) is 5.02 Å². The van der Waals surface area contributed by atoms with Crippen molar-refractivity contribution in [1.82, 2.24) is 5.32 Å². The summed E-state index contributed by atoms with van der Waals surface area (Å²) in [5.74, 6) is 2.23. The fraction of sp³-hybridized carbons (Fsp3) is 0.478. The van der Waals surface area contributed by atoms with Crippen molar-refractivity contribution in [2.75, 3.05) is 13.7 Å². The third kappa shape index (κ3) is 6.66. The summed E-state index contributed by atoms with van der Waals surface area (Å²) in [6, 6.07) is 17.0. The zero-order valence-electron chi connectivity index (χ0n) is 16.5. The molecule has 0 saturated carbocycles. The maximum Gasteiger partial charge on any atom is 0.118 e. The highest BCUT2D eigenvalue weighted by Crippen LogP contribution is 2.28. The molecule has 1 N–H and O–H groups in total. The molecule has 0 aromatic heterocycles. The summed E-state index contributed by atoms with van der Waals surface area (Å²) in [5.41, 5.74) is 2.69. The van der Waals surface area contributed by atoms with Gasteiger partial charge < -0.3 is 10.1 Å². The van der Waals surface area contributed by atoms with Gasteiger partial charge in [-0.3, -0.25) is 0 Å².